The first-order valence-corrected chi connectivity index (χ1v) is 5.03. The Morgan fingerprint density at radius 2 is 1.47 bits per heavy atom. The molecular formula is C10H14N4O5. The minimum atomic E-state index is -1.29. The van der Waals surface area contributed by atoms with Gasteiger partial charge in [-0.25, -0.2) is 4.79 Å². The maximum Gasteiger partial charge on any atom is 0.323 e. The molecule has 0 bridgehead atoms. The zero-order valence-corrected chi connectivity index (χ0v) is 10.0. The summed E-state index contributed by atoms with van der Waals surface area (Å²) < 4.78 is 0. The zero-order chi connectivity index (χ0) is 15.0. The number of aliphatic carboxylic acids is 1. The number of terminal acetylenes is 1. The lowest BCUT2D eigenvalue weighted by molar-refractivity contribution is -0.137. The monoisotopic (exact) mass is 270 g/mol. The molecule has 9 heteroatoms. The molecule has 0 aromatic heterocycles. The number of hydrogen-bond acceptors (Lipinski definition) is 4. The first-order chi connectivity index (χ1) is 8.77. The van der Waals surface area contributed by atoms with Crippen molar-refractivity contribution in [2.75, 3.05) is 26.2 Å². The van der Waals surface area contributed by atoms with Gasteiger partial charge in [0.15, 0.2) is 0 Å². The maximum atomic E-state index is 11.9. The second-order valence-corrected chi connectivity index (χ2v) is 3.53. The van der Waals surface area contributed by atoms with E-state index in [9.17, 15) is 19.2 Å². The zero-order valence-electron chi connectivity index (χ0n) is 10.0. The van der Waals surface area contributed by atoms with Crippen LogP contribution in [0.1, 0.15) is 0 Å². The standard InChI is InChI=1S/C10H14N4O5/c1-2-3-13(6-9(17)18)10(19)14(4-7(11)15)5-8(12)16/h1H,3-6H2,(H2,11,15)(H2,12,16)(H,17,18). The quantitative estimate of drug-likeness (QED) is 0.434. The number of carbonyl (C=O) groups is 4. The van der Waals surface area contributed by atoms with Crippen LogP contribution in [0, 0.1) is 12.3 Å². The van der Waals surface area contributed by atoms with Gasteiger partial charge in [-0.05, 0) is 0 Å². The molecule has 0 aliphatic carbocycles. The normalized spacial score (nSPS) is 9.21. The second kappa shape index (κ2) is 7.54. The summed E-state index contributed by atoms with van der Waals surface area (Å²) in [4.78, 5) is 45.6. The molecule has 0 aliphatic heterocycles. The number of carbonyl (C=O) groups excluding carboxylic acids is 3. The van der Waals surface area contributed by atoms with E-state index in [1.165, 1.54) is 0 Å². The van der Waals surface area contributed by atoms with Gasteiger partial charge in [-0.2, -0.15) is 0 Å². The summed E-state index contributed by atoms with van der Waals surface area (Å²) in [6, 6.07) is -0.905. The minimum absolute atomic E-state index is 0.293. The second-order valence-electron chi connectivity index (χ2n) is 3.53. The highest BCUT2D eigenvalue weighted by Crippen LogP contribution is 1.99. The van der Waals surface area contributed by atoms with Crippen LogP contribution in [0.5, 0.6) is 0 Å². The molecule has 0 unspecified atom stereocenters. The molecule has 0 radical (unpaired) electrons. The highest BCUT2D eigenvalue weighted by molar-refractivity contribution is 5.88. The summed E-state index contributed by atoms with van der Waals surface area (Å²) in [5.74, 6) is -0.931. The van der Waals surface area contributed by atoms with Gasteiger partial charge in [0.05, 0.1) is 6.54 Å². The molecule has 0 aliphatic rings. The Balaban J connectivity index is 4.99. The Hall–Kier alpha value is -2.76. The van der Waals surface area contributed by atoms with Gasteiger partial charge < -0.3 is 26.4 Å². The van der Waals surface area contributed by atoms with Gasteiger partial charge >= 0.3 is 12.0 Å². The van der Waals surface area contributed by atoms with Crippen molar-refractivity contribution in [1.82, 2.24) is 9.80 Å². The number of primary amides is 2. The third-order valence-corrected chi connectivity index (χ3v) is 1.84. The summed E-state index contributed by atoms with van der Waals surface area (Å²) >= 11 is 0. The molecule has 0 rings (SSSR count). The SMILES string of the molecule is C#CCN(CC(=O)O)C(=O)N(CC(N)=O)CC(N)=O. The van der Waals surface area contributed by atoms with Crippen LogP contribution in [0.2, 0.25) is 0 Å². The van der Waals surface area contributed by atoms with Gasteiger partial charge in [0.2, 0.25) is 11.8 Å². The fourth-order valence-corrected chi connectivity index (χ4v) is 1.23. The van der Waals surface area contributed by atoms with Crippen LogP contribution in [-0.4, -0.2) is 64.9 Å². The van der Waals surface area contributed by atoms with Crippen LogP contribution in [-0.2, 0) is 14.4 Å². The highest BCUT2D eigenvalue weighted by atomic mass is 16.4. The summed E-state index contributed by atoms with van der Waals surface area (Å²) in [6.07, 6.45) is 5.01. The number of carboxylic acids is 1. The molecular weight excluding hydrogens is 256 g/mol. The minimum Gasteiger partial charge on any atom is -0.480 e. The largest absolute Gasteiger partial charge is 0.480 e. The molecule has 0 spiro atoms. The van der Waals surface area contributed by atoms with Crippen LogP contribution in [0.3, 0.4) is 0 Å². The number of amides is 4. The fourth-order valence-electron chi connectivity index (χ4n) is 1.23. The van der Waals surface area contributed by atoms with Gasteiger partial charge in [-0.1, -0.05) is 5.92 Å². The van der Waals surface area contributed by atoms with E-state index in [2.05, 4.69) is 5.92 Å². The van der Waals surface area contributed by atoms with Crippen LogP contribution in [0.4, 0.5) is 4.79 Å². The lowest BCUT2D eigenvalue weighted by Crippen LogP contribution is -2.50. The van der Waals surface area contributed by atoms with Crippen LogP contribution in [0.15, 0.2) is 0 Å². The summed E-state index contributed by atoms with van der Waals surface area (Å²) in [5, 5.41) is 8.64. The number of carboxylic acid groups (broad SMARTS) is 1. The van der Waals surface area contributed by atoms with Crippen LogP contribution < -0.4 is 11.5 Å². The average Bonchev–Trinajstić information content (AvgIpc) is 2.24. The van der Waals surface area contributed by atoms with E-state index in [-0.39, 0.29) is 6.54 Å². The molecule has 0 saturated heterocycles. The summed E-state index contributed by atoms with van der Waals surface area (Å²) in [7, 11) is 0. The predicted molar refractivity (Wildman–Crippen MR) is 63.4 cm³/mol. The summed E-state index contributed by atoms with van der Waals surface area (Å²) in [6.45, 7) is -2.10. The highest BCUT2D eigenvalue weighted by Gasteiger charge is 2.24. The van der Waals surface area contributed by atoms with Crippen molar-refractivity contribution in [3.8, 4) is 12.3 Å². The van der Waals surface area contributed by atoms with Gasteiger partial charge in [0.25, 0.3) is 0 Å². The average molecular weight is 270 g/mol. The van der Waals surface area contributed by atoms with E-state index in [0.717, 1.165) is 9.80 Å². The van der Waals surface area contributed by atoms with Gasteiger partial charge in [0.1, 0.15) is 19.6 Å². The molecule has 5 N–H and O–H groups in total. The molecule has 0 aromatic rings. The molecule has 0 heterocycles. The van der Waals surface area contributed by atoms with Crippen molar-refractivity contribution in [2.45, 2.75) is 0 Å². The topological polar surface area (TPSA) is 147 Å². The Morgan fingerprint density at radius 3 is 1.79 bits per heavy atom. The molecule has 0 aromatic carbocycles. The number of urea groups is 1. The molecule has 19 heavy (non-hydrogen) atoms. The maximum absolute atomic E-state index is 11.9. The number of nitrogens with zero attached hydrogens (tertiary/aromatic N) is 2. The van der Waals surface area contributed by atoms with Crippen molar-refractivity contribution in [1.29, 1.82) is 0 Å². The van der Waals surface area contributed by atoms with E-state index >= 15 is 0 Å². The number of nitrogens with two attached hydrogens (primary N) is 2. The van der Waals surface area contributed by atoms with Crippen LogP contribution >= 0.6 is 0 Å². The van der Waals surface area contributed by atoms with E-state index in [4.69, 9.17) is 23.0 Å². The lowest BCUT2D eigenvalue weighted by Gasteiger charge is -2.26. The Kier molecular flexibility index (Phi) is 6.45. The smallest absolute Gasteiger partial charge is 0.323 e. The molecule has 104 valence electrons. The van der Waals surface area contributed by atoms with Crippen LogP contribution in [0.25, 0.3) is 0 Å². The Bertz CT molecular complexity index is 412. The van der Waals surface area contributed by atoms with E-state index in [1.807, 2.05) is 0 Å². The van der Waals surface area contributed by atoms with E-state index in [0.29, 0.717) is 0 Å². The van der Waals surface area contributed by atoms with E-state index < -0.39 is 43.4 Å². The van der Waals surface area contributed by atoms with Crippen molar-refractivity contribution in [3.05, 3.63) is 0 Å². The first kappa shape index (κ1) is 16.2. The predicted octanol–water partition coefficient (Wildman–Crippen LogP) is -2.60. The third-order valence-electron chi connectivity index (χ3n) is 1.84. The van der Waals surface area contributed by atoms with Gasteiger partial charge in [0, 0.05) is 0 Å². The van der Waals surface area contributed by atoms with Crippen molar-refractivity contribution in [3.63, 3.8) is 0 Å². The van der Waals surface area contributed by atoms with Crippen molar-refractivity contribution >= 4 is 23.8 Å². The fraction of sp³-hybridized carbons (Fsp3) is 0.400. The molecule has 0 fully saturated rings. The van der Waals surface area contributed by atoms with Gasteiger partial charge in [-0.15, -0.1) is 6.42 Å². The van der Waals surface area contributed by atoms with Gasteiger partial charge in [-0.3, -0.25) is 14.4 Å². The summed E-state index contributed by atoms with van der Waals surface area (Å²) in [5.41, 5.74) is 9.84. The van der Waals surface area contributed by atoms with Crippen molar-refractivity contribution < 1.29 is 24.3 Å². The molecule has 4 amide bonds. The number of rotatable bonds is 7. The van der Waals surface area contributed by atoms with Crippen molar-refractivity contribution in [2.24, 2.45) is 11.5 Å². The Morgan fingerprint density at radius 1 is 1.00 bits per heavy atom. The third kappa shape index (κ3) is 6.52. The molecule has 0 saturated carbocycles. The Labute approximate surface area is 109 Å². The molecule has 0 atom stereocenters. The number of hydrogen-bond donors (Lipinski definition) is 3. The molecule has 9 nitrogen and oxygen atoms in total. The lowest BCUT2D eigenvalue weighted by atomic mass is 10.4. The first-order valence-electron chi connectivity index (χ1n) is 5.03. The van der Waals surface area contributed by atoms with E-state index in [1.54, 1.807) is 0 Å².